The first kappa shape index (κ1) is 9.17. The summed E-state index contributed by atoms with van der Waals surface area (Å²) in [6, 6.07) is 0. The molecule has 0 spiro atoms. The zero-order valence-electron chi connectivity index (χ0n) is 8.84. The normalized spacial score (nSPS) is 55.3. The predicted octanol–water partition coefficient (Wildman–Crippen LogP) is 1.67. The second kappa shape index (κ2) is 2.73. The van der Waals surface area contributed by atoms with E-state index in [9.17, 15) is 5.11 Å². The van der Waals surface area contributed by atoms with Gasteiger partial charge in [-0.1, -0.05) is 0 Å². The summed E-state index contributed by atoms with van der Waals surface area (Å²) in [5.74, 6) is 1.63. The average molecular weight is 195 g/mol. The predicted molar refractivity (Wildman–Crippen MR) is 55.7 cm³/mol. The van der Waals surface area contributed by atoms with Gasteiger partial charge in [-0.15, -0.1) is 0 Å². The quantitative estimate of drug-likeness (QED) is 0.704. The number of nitrogens with two attached hydrogens (primary N) is 1. The Hall–Kier alpha value is -0.0800. The summed E-state index contributed by atoms with van der Waals surface area (Å²) in [5.41, 5.74) is 5.86. The first-order valence-electron chi connectivity index (χ1n) is 6.06. The lowest BCUT2D eigenvalue weighted by Crippen LogP contribution is -2.55. The van der Waals surface area contributed by atoms with Gasteiger partial charge in [-0.25, -0.2) is 0 Å². The molecular formula is C12H21NO. The minimum Gasteiger partial charge on any atom is -0.390 e. The lowest BCUT2D eigenvalue weighted by Gasteiger charge is -2.60. The van der Waals surface area contributed by atoms with Crippen LogP contribution in [-0.2, 0) is 0 Å². The highest BCUT2D eigenvalue weighted by Gasteiger charge is 2.56. The summed E-state index contributed by atoms with van der Waals surface area (Å²) >= 11 is 0. The molecule has 4 aliphatic carbocycles. The molecule has 0 aromatic heterocycles. The van der Waals surface area contributed by atoms with Crippen LogP contribution in [0.3, 0.4) is 0 Å². The van der Waals surface area contributed by atoms with Crippen molar-refractivity contribution < 1.29 is 5.11 Å². The van der Waals surface area contributed by atoms with Gasteiger partial charge in [-0.3, -0.25) is 0 Å². The molecule has 0 amide bonds. The first-order valence-corrected chi connectivity index (χ1v) is 6.06. The van der Waals surface area contributed by atoms with Crippen molar-refractivity contribution in [1.29, 1.82) is 0 Å². The van der Waals surface area contributed by atoms with E-state index in [0.717, 1.165) is 44.1 Å². The van der Waals surface area contributed by atoms with Crippen LogP contribution >= 0.6 is 0 Å². The molecular weight excluding hydrogens is 174 g/mol. The van der Waals surface area contributed by atoms with Gasteiger partial charge in [0, 0.05) is 0 Å². The van der Waals surface area contributed by atoms with E-state index in [4.69, 9.17) is 5.73 Å². The highest BCUT2D eigenvalue weighted by atomic mass is 16.3. The Bertz CT molecular complexity index is 237. The van der Waals surface area contributed by atoms with Crippen molar-refractivity contribution in [2.75, 3.05) is 6.54 Å². The highest BCUT2D eigenvalue weighted by molar-refractivity contribution is 5.08. The van der Waals surface area contributed by atoms with Crippen LogP contribution in [0.4, 0.5) is 0 Å². The molecule has 4 rings (SSSR count). The van der Waals surface area contributed by atoms with Crippen LogP contribution < -0.4 is 5.73 Å². The summed E-state index contributed by atoms with van der Waals surface area (Å²) in [6.45, 7) is 0.801. The molecule has 0 radical (unpaired) electrons. The van der Waals surface area contributed by atoms with E-state index in [1.807, 2.05) is 0 Å². The second-order valence-electron chi connectivity index (χ2n) is 6.22. The van der Waals surface area contributed by atoms with Crippen LogP contribution in [0.25, 0.3) is 0 Å². The van der Waals surface area contributed by atoms with E-state index in [0.29, 0.717) is 5.41 Å². The highest BCUT2D eigenvalue weighted by Crippen LogP contribution is 2.62. The first-order chi connectivity index (χ1) is 6.63. The topological polar surface area (TPSA) is 46.2 Å². The third-order valence-corrected chi connectivity index (χ3v) is 4.83. The van der Waals surface area contributed by atoms with Crippen LogP contribution in [0.2, 0.25) is 0 Å². The summed E-state index contributed by atoms with van der Waals surface area (Å²) in [7, 11) is 0. The van der Waals surface area contributed by atoms with Crippen LogP contribution in [-0.4, -0.2) is 17.3 Å². The molecule has 0 aromatic carbocycles. The van der Waals surface area contributed by atoms with Gasteiger partial charge in [0.15, 0.2) is 0 Å². The molecule has 0 aromatic rings. The standard InChI is InChI=1S/C12H21NO/c13-2-1-11-4-9-3-10(5-11)7-12(14,6-9)8-11/h9-10,14H,1-8,13H2/t9-,10-,11?,12?/m1/s1. The van der Waals surface area contributed by atoms with Crippen molar-refractivity contribution >= 4 is 0 Å². The summed E-state index contributed by atoms with van der Waals surface area (Å²) in [5, 5.41) is 10.5. The fourth-order valence-corrected chi connectivity index (χ4v) is 5.00. The summed E-state index contributed by atoms with van der Waals surface area (Å²) in [6.07, 6.45) is 8.43. The monoisotopic (exact) mass is 195 g/mol. The minimum absolute atomic E-state index is 0.292. The minimum atomic E-state index is -0.292. The largest absolute Gasteiger partial charge is 0.390 e. The van der Waals surface area contributed by atoms with E-state index in [1.165, 1.54) is 19.3 Å². The molecule has 0 heterocycles. The summed E-state index contributed by atoms with van der Waals surface area (Å²) < 4.78 is 0. The van der Waals surface area contributed by atoms with Crippen LogP contribution in [0.5, 0.6) is 0 Å². The molecule has 2 nitrogen and oxygen atoms in total. The maximum atomic E-state index is 10.5. The van der Waals surface area contributed by atoms with E-state index >= 15 is 0 Å². The molecule has 2 atom stereocenters. The van der Waals surface area contributed by atoms with Gasteiger partial charge in [0.25, 0.3) is 0 Å². The fraction of sp³-hybridized carbons (Fsp3) is 1.00. The van der Waals surface area contributed by atoms with E-state index in [1.54, 1.807) is 0 Å². The van der Waals surface area contributed by atoms with Gasteiger partial charge in [0.1, 0.15) is 0 Å². The number of aliphatic hydroxyl groups is 1. The van der Waals surface area contributed by atoms with Gasteiger partial charge >= 0.3 is 0 Å². The fourth-order valence-electron chi connectivity index (χ4n) is 5.00. The van der Waals surface area contributed by atoms with Gasteiger partial charge < -0.3 is 10.8 Å². The number of rotatable bonds is 2. The lowest BCUT2D eigenvalue weighted by atomic mass is 9.47. The van der Waals surface area contributed by atoms with Crippen molar-refractivity contribution in [2.24, 2.45) is 23.0 Å². The second-order valence-corrected chi connectivity index (χ2v) is 6.22. The van der Waals surface area contributed by atoms with Crippen LogP contribution in [0.15, 0.2) is 0 Å². The van der Waals surface area contributed by atoms with Crippen LogP contribution in [0.1, 0.15) is 44.9 Å². The third-order valence-electron chi connectivity index (χ3n) is 4.83. The number of hydrogen-bond donors (Lipinski definition) is 2. The Morgan fingerprint density at radius 3 is 2.29 bits per heavy atom. The maximum Gasteiger partial charge on any atom is 0.0658 e. The Labute approximate surface area is 85.9 Å². The summed E-state index contributed by atoms with van der Waals surface area (Å²) in [4.78, 5) is 0. The van der Waals surface area contributed by atoms with Crippen molar-refractivity contribution in [2.45, 2.75) is 50.5 Å². The Kier molecular flexibility index (Phi) is 1.79. The zero-order valence-corrected chi connectivity index (χ0v) is 8.84. The molecule has 4 fully saturated rings. The van der Waals surface area contributed by atoms with Crippen LogP contribution in [0, 0.1) is 17.3 Å². The lowest BCUT2D eigenvalue weighted by molar-refractivity contribution is -0.164. The van der Waals surface area contributed by atoms with Crippen molar-refractivity contribution in [3.8, 4) is 0 Å². The molecule has 0 aliphatic heterocycles. The van der Waals surface area contributed by atoms with Gasteiger partial charge in [0.05, 0.1) is 5.60 Å². The maximum absolute atomic E-state index is 10.5. The van der Waals surface area contributed by atoms with Gasteiger partial charge in [0.2, 0.25) is 0 Å². The molecule has 2 heteroatoms. The average Bonchev–Trinajstić information content (AvgIpc) is 1.97. The van der Waals surface area contributed by atoms with Crippen molar-refractivity contribution in [3.63, 3.8) is 0 Å². The molecule has 14 heavy (non-hydrogen) atoms. The Balaban J connectivity index is 1.89. The van der Waals surface area contributed by atoms with Crippen molar-refractivity contribution in [3.05, 3.63) is 0 Å². The van der Waals surface area contributed by atoms with Gasteiger partial charge in [-0.2, -0.15) is 0 Å². The Morgan fingerprint density at radius 1 is 1.14 bits per heavy atom. The third kappa shape index (κ3) is 1.24. The SMILES string of the molecule is NCCC12C[C@H]3C[C@@H](CC(O)(C3)C1)C2. The molecule has 4 bridgehead atoms. The van der Waals surface area contributed by atoms with Crippen molar-refractivity contribution in [1.82, 2.24) is 0 Å². The van der Waals surface area contributed by atoms with Gasteiger partial charge in [-0.05, 0) is 68.7 Å². The molecule has 0 unspecified atom stereocenters. The molecule has 4 saturated carbocycles. The smallest absolute Gasteiger partial charge is 0.0658 e. The molecule has 0 saturated heterocycles. The molecule has 4 aliphatic rings. The van der Waals surface area contributed by atoms with E-state index < -0.39 is 0 Å². The zero-order chi connectivity index (χ0) is 9.81. The number of hydrogen-bond acceptors (Lipinski definition) is 2. The Morgan fingerprint density at radius 2 is 1.79 bits per heavy atom. The van der Waals surface area contributed by atoms with E-state index in [2.05, 4.69) is 0 Å². The molecule has 3 N–H and O–H groups in total. The van der Waals surface area contributed by atoms with E-state index in [-0.39, 0.29) is 5.60 Å². The molecule has 80 valence electrons.